The third-order valence-electron chi connectivity index (χ3n) is 4.48. The first-order valence-electron chi connectivity index (χ1n) is 7.62. The van der Waals surface area contributed by atoms with Crippen LogP contribution in [0.3, 0.4) is 0 Å². The zero-order chi connectivity index (χ0) is 16.6. The molecule has 1 aromatic carbocycles. The van der Waals surface area contributed by atoms with Crippen molar-refractivity contribution in [3.63, 3.8) is 0 Å². The summed E-state index contributed by atoms with van der Waals surface area (Å²) in [5.41, 5.74) is 0.758. The summed E-state index contributed by atoms with van der Waals surface area (Å²) in [5, 5.41) is 13.7. The number of aryl methyl sites for hydroxylation is 2. The smallest absolute Gasteiger partial charge is 0.307 e. The molecule has 0 spiro atoms. The molecule has 1 heterocycles. The monoisotopic (exact) mass is 318 g/mol. The number of carbonyl (C=O) groups is 1. The quantitative estimate of drug-likeness (QED) is 0.889. The number of aliphatic carboxylic acids is 1. The highest BCUT2D eigenvalue weighted by molar-refractivity contribution is 5.77. The largest absolute Gasteiger partial charge is 0.489 e. The van der Waals surface area contributed by atoms with Gasteiger partial charge in [0.2, 0.25) is 0 Å². The molecular formula is C17H19FN2O3. The second-order valence-corrected chi connectivity index (χ2v) is 5.98. The molecule has 5 nitrogen and oxygen atoms in total. The number of nitrogens with zero attached hydrogens (tertiary/aromatic N) is 2. The van der Waals surface area contributed by atoms with Crippen LogP contribution in [0.1, 0.15) is 24.6 Å². The zero-order valence-corrected chi connectivity index (χ0v) is 13.1. The minimum absolute atomic E-state index is 0.198. The van der Waals surface area contributed by atoms with Gasteiger partial charge in [-0.25, -0.2) is 4.39 Å². The lowest BCUT2D eigenvalue weighted by atomic mass is 9.94. The molecule has 0 unspecified atom stereocenters. The summed E-state index contributed by atoms with van der Waals surface area (Å²) >= 11 is 0. The van der Waals surface area contributed by atoms with Gasteiger partial charge in [-0.15, -0.1) is 0 Å². The summed E-state index contributed by atoms with van der Waals surface area (Å²) < 4.78 is 21.1. The van der Waals surface area contributed by atoms with Crippen molar-refractivity contribution >= 4 is 5.97 Å². The van der Waals surface area contributed by atoms with E-state index in [4.69, 9.17) is 4.74 Å². The Kier molecular flexibility index (Phi) is 3.83. The number of carboxylic acids is 1. The van der Waals surface area contributed by atoms with E-state index in [1.807, 2.05) is 13.8 Å². The standard InChI is InChI=1S/C17H19FN2O3/c1-3-20-9-15(11(2)19-20)23-10-17(8-14(17)16(21)22)12-5-4-6-13(18)7-12/h4-7,9,14H,3,8,10H2,1-2H3,(H,21,22)/t14-,17+/m0/s1. The number of benzene rings is 1. The summed E-state index contributed by atoms with van der Waals surface area (Å²) in [7, 11) is 0. The maximum absolute atomic E-state index is 13.5. The van der Waals surface area contributed by atoms with Crippen molar-refractivity contribution < 1.29 is 19.0 Å². The summed E-state index contributed by atoms with van der Waals surface area (Å²) in [4.78, 5) is 11.4. The SMILES string of the molecule is CCn1cc(OC[C@@]2(c3cccc(F)c3)C[C@H]2C(=O)O)c(C)n1. The summed E-state index contributed by atoms with van der Waals surface area (Å²) in [6, 6.07) is 6.11. The number of ether oxygens (including phenoxy) is 1. The van der Waals surface area contributed by atoms with Crippen LogP contribution in [0.4, 0.5) is 4.39 Å². The number of hydrogen-bond acceptors (Lipinski definition) is 3. The molecule has 0 aliphatic heterocycles. The zero-order valence-electron chi connectivity index (χ0n) is 13.1. The van der Waals surface area contributed by atoms with Crippen LogP contribution < -0.4 is 4.74 Å². The number of carboxylic acid groups (broad SMARTS) is 1. The summed E-state index contributed by atoms with van der Waals surface area (Å²) in [6.07, 6.45) is 2.25. The average Bonchev–Trinajstić information content (AvgIpc) is 3.16. The Hall–Kier alpha value is -2.37. The van der Waals surface area contributed by atoms with Crippen LogP contribution in [0.5, 0.6) is 5.75 Å². The second-order valence-electron chi connectivity index (χ2n) is 5.98. The van der Waals surface area contributed by atoms with Crippen LogP contribution in [0, 0.1) is 18.7 Å². The molecule has 0 bridgehead atoms. The first-order valence-corrected chi connectivity index (χ1v) is 7.62. The van der Waals surface area contributed by atoms with Crippen LogP contribution in [0.15, 0.2) is 30.5 Å². The van der Waals surface area contributed by atoms with Gasteiger partial charge in [0, 0.05) is 12.0 Å². The van der Waals surface area contributed by atoms with Crippen molar-refractivity contribution in [1.82, 2.24) is 9.78 Å². The third kappa shape index (κ3) is 2.81. The fraction of sp³-hybridized carbons (Fsp3) is 0.412. The normalized spacial score (nSPS) is 22.8. The van der Waals surface area contributed by atoms with Gasteiger partial charge in [-0.2, -0.15) is 5.10 Å². The van der Waals surface area contributed by atoms with Crippen LogP contribution >= 0.6 is 0 Å². The molecule has 0 amide bonds. The van der Waals surface area contributed by atoms with E-state index in [0.29, 0.717) is 17.7 Å². The molecular weight excluding hydrogens is 299 g/mol. The lowest BCUT2D eigenvalue weighted by Gasteiger charge is -2.18. The minimum atomic E-state index is -0.876. The Labute approximate surface area is 133 Å². The van der Waals surface area contributed by atoms with Gasteiger partial charge in [-0.3, -0.25) is 9.48 Å². The van der Waals surface area contributed by atoms with Crippen LogP contribution in [0.2, 0.25) is 0 Å². The van der Waals surface area contributed by atoms with Crippen molar-refractivity contribution in [3.05, 3.63) is 47.5 Å². The third-order valence-corrected chi connectivity index (χ3v) is 4.48. The molecule has 2 aromatic rings. The Morgan fingerprint density at radius 1 is 1.57 bits per heavy atom. The van der Waals surface area contributed by atoms with E-state index in [0.717, 1.165) is 12.2 Å². The van der Waals surface area contributed by atoms with E-state index in [9.17, 15) is 14.3 Å². The van der Waals surface area contributed by atoms with E-state index < -0.39 is 17.3 Å². The molecule has 122 valence electrons. The van der Waals surface area contributed by atoms with E-state index in [1.54, 1.807) is 23.0 Å². The second kappa shape index (κ2) is 5.68. The van der Waals surface area contributed by atoms with Gasteiger partial charge in [-0.05, 0) is 38.0 Å². The molecule has 3 rings (SSSR count). The predicted octanol–water partition coefficient (Wildman–Crippen LogP) is 2.77. The van der Waals surface area contributed by atoms with Crippen molar-refractivity contribution in [2.75, 3.05) is 6.61 Å². The summed E-state index contributed by atoms with van der Waals surface area (Å²) in [6.45, 7) is 4.75. The van der Waals surface area contributed by atoms with Gasteiger partial charge in [0.05, 0.1) is 18.7 Å². The maximum Gasteiger partial charge on any atom is 0.307 e. The van der Waals surface area contributed by atoms with Crippen molar-refractivity contribution in [2.45, 2.75) is 32.2 Å². The molecule has 23 heavy (non-hydrogen) atoms. The summed E-state index contributed by atoms with van der Waals surface area (Å²) in [5.74, 6) is -1.16. The van der Waals surface area contributed by atoms with Crippen molar-refractivity contribution in [3.8, 4) is 5.75 Å². The van der Waals surface area contributed by atoms with Crippen LogP contribution in [-0.2, 0) is 16.8 Å². The molecule has 1 saturated carbocycles. The molecule has 0 saturated heterocycles. The lowest BCUT2D eigenvalue weighted by Crippen LogP contribution is -2.23. The van der Waals surface area contributed by atoms with Gasteiger partial charge in [-0.1, -0.05) is 12.1 Å². The number of rotatable bonds is 6. The van der Waals surface area contributed by atoms with E-state index in [-0.39, 0.29) is 12.4 Å². The molecule has 0 radical (unpaired) electrons. The van der Waals surface area contributed by atoms with Crippen LogP contribution in [-0.4, -0.2) is 27.5 Å². The Balaban J connectivity index is 1.84. The van der Waals surface area contributed by atoms with Gasteiger partial charge in [0.1, 0.15) is 11.5 Å². The molecule has 2 atom stereocenters. The van der Waals surface area contributed by atoms with E-state index in [2.05, 4.69) is 5.10 Å². The maximum atomic E-state index is 13.5. The highest BCUT2D eigenvalue weighted by Crippen LogP contribution is 2.54. The van der Waals surface area contributed by atoms with Crippen LogP contribution in [0.25, 0.3) is 0 Å². The molecule has 1 fully saturated rings. The average molecular weight is 318 g/mol. The van der Waals surface area contributed by atoms with Gasteiger partial charge in [0.25, 0.3) is 0 Å². The van der Waals surface area contributed by atoms with Gasteiger partial charge >= 0.3 is 5.97 Å². The topological polar surface area (TPSA) is 64.3 Å². The van der Waals surface area contributed by atoms with Gasteiger partial charge in [0.15, 0.2) is 5.75 Å². The van der Waals surface area contributed by atoms with Crippen molar-refractivity contribution in [2.24, 2.45) is 5.92 Å². The number of hydrogen-bond donors (Lipinski definition) is 1. The highest BCUT2D eigenvalue weighted by Gasteiger charge is 2.60. The number of aromatic nitrogens is 2. The Bertz CT molecular complexity index is 743. The first kappa shape index (κ1) is 15.5. The highest BCUT2D eigenvalue weighted by atomic mass is 19.1. The van der Waals surface area contributed by atoms with Gasteiger partial charge < -0.3 is 9.84 Å². The van der Waals surface area contributed by atoms with Crippen molar-refractivity contribution in [1.29, 1.82) is 0 Å². The predicted molar refractivity (Wildman–Crippen MR) is 82.0 cm³/mol. The lowest BCUT2D eigenvalue weighted by molar-refractivity contribution is -0.139. The molecule has 1 aliphatic rings. The molecule has 1 N–H and O–H groups in total. The molecule has 1 aliphatic carbocycles. The molecule has 1 aromatic heterocycles. The number of halogens is 1. The first-order chi connectivity index (χ1) is 11.0. The fourth-order valence-electron chi connectivity index (χ4n) is 3.00. The Morgan fingerprint density at radius 3 is 2.91 bits per heavy atom. The Morgan fingerprint density at radius 2 is 2.35 bits per heavy atom. The minimum Gasteiger partial charge on any atom is -0.489 e. The molecule has 6 heteroatoms. The van der Waals surface area contributed by atoms with E-state index in [1.165, 1.54) is 12.1 Å². The van der Waals surface area contributed by atoms with E-state index >= 15 is 0 Å². The fourth-order valence-corrected chi connectivity index (χ4v) is 3.00.